The number of rotatable bonds is 4. The van der Waals surface area contributed by atoms with Gasteiger partial charge in [0.2, 0.25) is 0 Å². The lowest BCUT2D eigenvalue weighted by Gasteiger charge is -2.18. The van der Waals surface area contributed by atoms with Crippen molar-refractivity contribution in [3.05, 3.63) is 41.0 Å². The molecule has 0 radical (unpaired) electrons. The largest absolute Gasteiger partial charge is 0.370 e. The molecule has 1 aromatic carbocycles. The number of fused-ring (bicyclic) bond motifs is 2. The number of aromatic nitrogens is 1. The van der Waals surface area contributed by atoms with Crippen LogP contribution in [-0.4, -0.2) is 30.6 Å². The first-order valence-electron chi connectivity index (χ1n) is 9.33. The smallest absolute Gasteiger partial charge is 0.127 e. The zero-order chi connectivity index (χ0) is 17.7. The molecule has 136 valence electrons. The molecule has 0 saturated carbocycles. The minimum atomic E-state index is 0.820. The predicted octanol–water partition coefficient (Wildman–Crippen LogP) is 4.24. The monoisotopic (exact) mass is 384 g/mol. The topological polar surface area (TPSA) is 40.2 Å². The molecule has 0 amide bonds. The molecule has 0 aliphatic carbocycles. The van der Waals surface area contributed by atoms with Crippen molar-refractivity contribution in [1.29, 1.82) is 0 Å². The number of benzene rings is 1. The molecule has 2 fully saturated rings. The van der Waals surface area contributed by atoms with Gasteiger partial charge < -0.3 is 15.5 Å². The Labute approximate surface area is 162 Å². The summed E-state index contributed by atoms with van der Waals surface area (Å²) in [5.41, 5.74) is 5.18. The third kappa shape index (κ3) is 2.80. The number of hydrogen-bond donors (Lipinski definition) is 2. The summed E-state index contributed by atoms with van der Waals surface area (Å²) in [7, 11) is 0. The summed E-state index contributed by atoms with van der Waals surface area (Å²) in [6.07, 6.45) is 0. The SMILES string of the molecule is Cc1cccc(CNc2snc3c(C)c(N4CC5CNCC5C4)sc23)c1. The van der Waals surface area contributed by atoms with Crippen molar-refractivity contribution in [2.45, 2.75) is 20.4 Å². The molecule has 2 aromatic heterocycles. The number of nitrogens with zero attached hydrogens (tertiary/aromatic N) is 2. The van der Waals surface area contributed by atoms with Crippen LogP contribution in [0.2, 0.25) is 0 Å². The lowest BCUT2D eigenvalue weighted by molar-refractivity contribution is 0.533. The van der Waals surface area contributed by atoms with Crippen LogP contribution in [0.4, 0.5) is 10.0 Å². The third-order valence-corrected chi connectivity index (χ3v) is 8.03. The second-order valence-corrected chi connectivity index (χ2v) is 9.42. The van der Waals surface area contributed by atoms with E-state index in [4.69, 9.17) is 4.37 Å². The van der Waals surface area contributed by atoms with Crippen molar-refractivity contribution >= 4 is 43.1 Å². The van der Waals surface area contributed by atoms with Gasteiger partial charge in [0.05, 0.1) is 9.70 Å². The summed E-state index contributed by atoms with van der Waals surface area (Å²) in [4.78, 5) is 2.60. The van der Waals surface area contributed by atoms with Gasteiger partial charge in [-0.15, -0.1) is 11.3 Å². The van der Waals surface area contributed by atoms with Crippen molar-refractivity contribution in [2.75, 3.05) is 36.4 Å². The minimum Gasteiger partial charge on any atom is -0.370 e. The normalized spacial score (nSPS) is 22.3. The molecule has 0 bridgehead atoms. The zero-order valence-corrected chi connectivity index (χ0v) is 16.8. The van der Waals surface area contributed by atoms with Crippen LogP contribution in [0.5, 0.6) is 0 Å². The standard InChI is InChI=1S/C20H24N4S2/c1-12-4-3-5-14(6-12)7-22-19-18-17(23-26-19)13(2)20(25-18)24-10-15-8-21-9-16(15)11-24/h3-6,15-16,21-22H,7-11H2,1-2H3. The minimum absolute atomic E-state index is 0.820. The highest BCUT2D eigenvalue weighted by molar-refractivity contribution is 7.27. The van der Waals surface area contributed by atoms with Gasteiger partial charge in [-0.1, -0.05) is 29.8 Å². The quantitative estimate of drug-likeness (QED) is 0.706. The van der Waals surface area contributed by atoms with Crippen molar-refractivity contribution in [3.8, 4) is 0 Å². The number of anilines is 2. The number of thiophene rings is 1. The molecule has 3 aromatic rings. The van der Waals surface area contributed by atoms with Gasteiger partial charge in [-0.25, -0.2) is 0 Å². The highest BCUT2D eigenvalue weighted by atomic mass is 32.1. The van der Waals surface area contributed by atoms with E-state index in [1.165, 1.54) is 63.1 Å². The Morgan fingerprint density at radius 1 is 1.23 bits per heavy atom. The van der Waals surface area contributed by atoms with Gasteiger partial charge in [0, 0.05) is 38.3 Å². The van der Waals surface area contributed by atoms with Gasteiger partial charge in [-0.3, -0.25) is 0 Å². The fourth-order valence-electron chi connectivity index (χ4n) is 4.33. The van der Waals surface area contributed by atoms with E-state index in [0.717, 1.165) is 18.4 Å². The van der Waals surface area contributed by atoms with E-state index in [9.17, 15) is 0 Å². The van der Waals surface area contributed by atoms with Crippen LogP contribution in [0.25, 0.3) is 10.2 Å². The maximum absolute atomic E-state index is 4.76. The van der Waals surface area contributed by atoms with E-state index in [1.807, 2.05) is 11.3 Å². The van der Waals surface area contributed by atoms with E-state index in [2.05, 4.69) is 53.6 Å². The van der Waals surface area contributed by atoms with Crippen molar-refractivity contribution in [3.63, 3.8) is 0 Å². The summed E-state index contributed by atoms with van der Waals surface area (Å²) < 4.78 is 6.09. The van der Waals surface area contributed by atoms with Crippen LogP contribution in [0.3, 0.4) is 0 Å². The molecular weight excluding hydrogens is 360 g/mol. The molecule has 2 aliphatic rings. The second-order valence-electron chi connectivity index (χ2n) is 7.65. The highest BCUT2D eigenvalue weighted by Gasteiger charge is 2.37. The number of aryl methyl sites for hydroxylation is 2. The Morgan fingerprint density at radius 2 is 2.04 bits per heavy atom. The molecule has 2 saturated heterocycles. The maximum atomic E-state index is 4.76. The van der Waals surface area contributed by atoms with Crippen LogP contribution in [0.15, 0.2) is 24.3 Å². The first kappa shape index (κ1) is 16.5. The van der Waals surface area contributed by atoms with Crippen molar-refractivity contribution in [2.24, 2.45) is 11.8 Å². The second kappa shape index (κ2) is 6.51. The van der Waals surface area contributed by atoms with Gasteiger partial charge in [-0.2, -0.15) is 4.37 Å². The van der Waals surface area contributed by atoms with Gasteiger partial charge in [0.15, 0.2) is 0 Å². The molecule has 0 spiro atoms. The molecule has 4 heterocycles. The van der Waals surface area contributed by atoms with Gasteiger partial charge in [0.1, 0.15) is 10.5 Å². The maximum Gasteiger partial charge on any atom is 0.127 e. The summed E-state index contributed by atoms with van der Waals surface area (Å²) in [5, 5.41) is 9.80. The summed E-state index contributed by atoms with van der Waals surface area (Å²) in [5.74, 6) is 1.64. The zero-order valence-electron chi connectivity index (χ0n) is 15.2. The lowest BCUT2D eigenvalue weighted by atomic mass is 10.0. The average molecular weight is 385 g/mol. The van der Waals surface area contributed by atoms with E-state index in [1.54, 1.807) is 11.5 Å². The summed E-state index contributed by atoms with van der Waals surface area (Å²) in [6, 6.07) is 8.69. The first-order chi connectivity index (χ1) is 12.7. The molecular formula is C20H24N4S2. The molecule has 2 aliphatic heterocycles. The molecule has 2 atom stereocenters. The fourth-order valence-corrected chi connectivity index (χ4v) is 6.53. The molecule has 5 rings (SSSR count). The van der Waals surface area contributed by atoms with Crippen LogP contribution >= 0.6 is 22.9 Å². The van der Waals surface area contributed by atoms with Gasteiger partial charge in [0.25, 0.3) is 0 Å². The van der Waals surface area contributed by atoms with E-state index in [0.29, 0.717) is 0 Å². The van der Waals surface area contributed by atoms with Gasteiger partial charge in [-0.05, 0) is 42.8 Å². The highest BCUT2D eigenvalue weighted by Crippen LogP contribution is 2.45. The predicted molar refractivity (Wildman–Crippen MR) is 113 cm³/mol. The third-order valence-electron chi connectivity index (χ3n) is 5.74. The first-order valence-corrected chi connectivity index (χ1v) is 10.9. The molecule has 26 heavy (non-hydrogen) atoms. The molecule has 2 N–H and O–H groups in total. The van der Waals surface area contributed by atoms with E-state index < -0.39 is 0 Å². The van der Waals surface area contributed by atoms with Crippen LogP contribution < -0.4 is 15.5 Å². The molecule has 6 heteroatoms. The van der Waals surface area contributed by atoms with Crippen LogP contribution in [0, 0.1) is 25.7 Å². The Bertz CT molecular complexity index is 933. The molecule has 2 unspecified atom stereocenters. The number of hydrogen-bond acceptors (Lipinski definition) is 6. The Morgan fingerprint density at radius 3 is 2.81 bits per heavy atom. The van der Waals surface area contributed by atoms with Gasteiger partial charge >= 0.3 is 0 Å². The summed E-state index contributed by atoms with van der Waals surface area (Å²) in [6.45, 7) is 9.98. The van der Waals surface area contributed by atoms with Crippen LogP contribution in [-0.2, 0) is 6.54 Å². The Hall–Kier alpha value is -1.63. The summed E-state index contributed by atoms with van der Waals surface area (Å²) >= 11 is 3.52. The fraction of sp³-hybridized carbons (Fsp3) is 0.450. The van der Waals surface area contributed by atoms with Crippen molar-refractivity contribution in [1.82, 2.24) is 9.69 Å². The van der Waals surface area contributed by atoms with E-state index >= 15 is 0 Å². The lowest BCUT2D eigenvalue weighted by Crippen LogP contribution is -2.25. The average Bonchev–Trinajstić information content (AvgIpc) is 3.35. The van der Waals surface area contributed by atoms with Crippen molar-refractivity contribution < 1.29 is 0 Å². The Balaban J connectivity index is 1.38. The number of nitrogens with one attached hydrogen (secondary N) is 2. The molecule has 4 nitrogen and oxygen atoms in total. The van der Waals surface area contributed by atoms with Crippen LogP contribution in [0.1, 0.15) is 16.7 Å². The Kier molecular flexibility index (Phi) is 4.14. The van der Waals surface area contributed by atoms with E-state index in [-0.39, 0.29) is 0 Å².